The van der Waals surface area contributed by atoms with Gasteiger partial charge in [0.25, 0.3) is 0 Å². The predicted octanol–water partition coefficient (Wildman–Crippen LogP) is 2.86. The number of piperidine rings is 1. The molecule has 1 spiro atoms. The summed E-state index contributed by atoms with van der Waals surface area (Å²) in [4.78, 5) is 7.20. The molecule has 4 aliphatic rings. The maximum absolute atomic E-state index is 14.5. The third kappa shape index (κ3) is 3.52. The van der Waals surface area contributed by atoms with Crippen molar-refractivity contribution in [3.63, 3.8) is 0 Å². The molecule has 4 heteroatoms. The smallest absolute Gasteiger partial charge is 0.148 e. The zero-order chi connectivity index (χ0) is 17.0. The molecule has 4 fully saturated rings. The second-order valence-electron chi connectivity index (χ2n) is 10.3. The van der Waals surface area contributed by atoms with Crippen LogP contribution in [0.1, 0.15) is 46.0 Å². The molecule has 0 atom stereocenters. The Labute approximate surface area is 147 Å². The Hall–Kier alpha value is -0.190. The summed E-state index contributed by atoms with van der Waals surface area (Å²) >= 11 is 0. The van der Waals surface area contributed by atoms with Gasteiger partial charge in [-0.15, -0.1) is 0 Å². The highest BCUT2D eigenvalue weighted by Gasteiger charge is 2.51. The Morgan fingerprint density at radius 2 is 1.50 bits per heavy atom. The predicted molar refractivity (Wildman–Crippen MR) is 97.0 cm³/mol. The van der Waals surface area contributed by atoms with Crippen molar-refractivity contribution >= 4 is 0 Å². The highest BCUT2D eigenvalue weighted by Crippen LogP contribution is 2.52. The van der Waals surface area contributed by atoms with Crippen LogP contribution in [0.25, 0.3) is 0 Å². The molecular formula is C20H36FN3. The van der Waals surface area contributed by atoms with E-state index in [0.29, 0.717) is 30.5 Å². The number of rotatable bonds is 6. The summed E-state index contributed by atoms with van der Waals surface area (Å²) in [6.07, 6.45) is 6.98. The number of hydrogen-bond acceptors (Lipinski definition) is 3. The van der Waals surface area contributed by atoms with Gasteiger partial charge in [-0.05, 0) is 69.0 Å². The van der Waals surface area contributed by atoms with Crippen LogP contribution in [-0.4, -0.2) is 79.8 Å². The SMILES string of the molecule is CC(C)CC1(CN2CCC3(CC2)CN(CC2(F)CN(C)C2)C3)CC1. The molecule has 0 amide bonds. The van der Waals surface area contributed by atoms with E-state index in [9.17, 15) is 4.39 Å². The summed E-state index contributed by atoms with van der Waals surface area (Å²) in [7, 11) is 2.01. The first-order chi connectivity index (χ1) is 11.3. The standard InChI is InChI=1S/C20H36FN3/c1-17(2)10-18(4-5-18)11-23-8-6-19(7-9-23)12-24(13-19)16-20(21)14-22(3)15-20/h17H,4-16H2,1-3H3. The van der Waals surface area contributed by atoms with Crippen LogP contribution < -0.4 is 0 Å². The third-order valence-electron chi connectivity index (χ3n) is 7.01. The molecule has 0 aromatic heterocycles. The Kier molecular flexibility index (Phi) is 4.25. The van der Waals surface area contributed by atoms with Crippen molar-refractivity contribution in [3.05, 3.63) is 0 Å². The minimum absolute atomic E-state index is 0.525. The molecule has 24 heavy (non-hydrogen) atoms. The Morgan fingerprint density at radius 1 is 0.875 bits per heavy atom. The van der Waals surface area contributed by atoms with Crippen molar-refractivity contribution in [1.29, 1.82) is 0 Å². The van der Waals surface area contributed by atoms with Gasteiger partial charge >= 0.3 is 0 Å². The second-order valence-corrected chi connectivity index (χ2v) is 10.3. The fraction of sp³-hybridized carbons (Fsp3) is 1.00. The van der Waals surface area contributed by atoms with Crippen molar-refractivity contribution in [3.8, 4) is 0 Å². The van der Waals surface area contributed by atoms with Gasteiger partial charge < -0.3 is 4.90 Å². The van der Waals surface area contributed by atoms with Gasteiger partial charge in [0.15, 0.2) is 0 Å². The monoisotopic (exact) mass is 337 g/mol. The number of likely N-dealkylation sites (tertiary alicyclic amines) is 3. The lowest BCUT2D eigenvalue weighted by atomic mass is 9.71. The van der Waals surface area contributed by atoms with Crippen LogP contribution in [0.3, 0.4) is 0 Å². The summed E-state index contributed by atoms with van der Waals surface area (Å²) in [5.74, 6) is 0.836. The average molecular weight is 338 g/mol. The molecule has 3 saturated heterocycles. The summed E-state index contributed by atoms with van der Waals surface area (Å²) in [5, 5.41) is 0. The second kappa shape index (κ2) is 5.92. The zero-order valence-corrected chi connectivity index (χ0v) is 16.0. The van der Waals surface area contributed by atoms with Crippen molar-refractivity contribution in [2.75, 3.05) is 59.4 Å². The van der Waals surface area contributed by atoms with Crippen molar-refractivity contribution in [2.24, 2.45) is 16.7 Å². The lowest BCUT2D eigenvalue weighted by molar-refractivity contribution is -0.104. The molecule has 1 saturated carbocycles. The number of hydrogen-bond donors (Lipinski definition) is 0. The van der Waals surface area contributed by atoms with E-state index in [0.717, 1.165) is 19.0 Å². The van der Waals surface area contributed by atoms with Crippen LogP contribution in [0, 0.1) is 16.7 Å². The summed E-state index contributed by atoms with van der Waals surface area (Å²) in [6, 6.07) is 0. The van der Waals surface area contributed by atoms with Crippen LogP contribution in [0.15, 0.2) is 0 Å². The molecule has 3 heterocycles. The van der Waals surface area contributed by atoms with E-state index in [1.54, 1.807) is 0 Å². The van der Waals surface area contributed by atoms with Crippen molar-refractivity contribution < 1.29 is 4.39 Å². The van der Waals surface area contributed by atoms with Gasteiger partial charge in [-0.3, -0.25) is 9.80 Å². The van der Waals surface area contributed by atoms with Gasteiger partial charge in [-0.25, -0.2) is 4.39 Å². The number of halogens is 1. The number of nitrogens with zero attached hydrogens (tertiary/aromatic N) is 3. The van der Waals surface area contributed by atoms with Gasteiger partial charge in [0.2, 0.25) is 0 Å². The molecule has 3 nitrogen and oxygen atoms in total. The highest BCUT2D eigenvalue weighted by molar-refractivity contribution is 5.05. The maximum Gasteiger partial charge on any atom is 0.148 e. The lowest BCUT2D eigenvalue weighted by Gasteiger charge is -2.57. The first-order valence-electron chi connectivity index (χ1n) is 10.1. The third-order valence-corrected chi connectivity index (χ3v) is 7.01. The molecule has 0 unspecified atom stereocenters. The average Bonchev–Trinajstić information content (AvgIpc) is 3.16. The van der Waals surface area contributed by atoms with E-state index in [2.05, 4.69) is 28.5 Å². The highest BCUT2D eigenvalue weighted by atomic mass is 19.1. The van der Waals surface area contributed by atoms with Gasteiger partial charge in [0.05, 0.1) is 0 Å². The topological polar surface area (TPSA) is 9.72 Å². The molecule has 0 aromatic carbocycles. The first kappa shape index (κ1) is 17.2. The molecular weight excluding hydrogens is 301 g/mol. The van der Waals surface area contributed by atoms with Crippen molar-refractivity contribution in [2.45, 2.75) is 51.6 Å². The fourth-order valence-corrected chi connectivity index (χ4v) is 5.88. The van der Waals surface area contributed by atoms with Crippen LogP contribution >= 0.6 is 0 Å². The minimum Gasteiger partial charge on any atom is -0.303 e. The summed E-state index contributed by atoms with van der Waals surface area (Å²) < 4.78 is 14.5. The Bertz CT molecular complexity index is 452. The molecule has 1 aliphatic carbocycles. The molecule has 4 rings (SSSR count). The molecule has 0 aromatic rings. The quantitative estimate of drug-likeness (QED) is 0.738. The van der Waals surface area contributed by atoms with Gasteiger partial charge in [-0.1, -0.05) is 13.8 Å². The first-order valence-corrected chi connectivity index (χ1v) is 10.1. The van der Waals surface area contributed by atoms with Crippen LogP contribution in [0.5, 0.6) is 0 Å². The number of alkyl halides is 1. The molecule has 0 N–H and O–H groups in total. The van der Waals surface area contributed by atoms with E-state index in [4.69, 9.17) is 0 Å². The fourth-order valence-electron chi connectivity index (χ4n) is 5.88. The van der Waals surface area contributed by atoms with Gasteiger partial charge in [0.1, 0.15) is 5.67 Å². The summed E-state index contributed by atoms with van der Waals surface area (Å²) in [6.45, 7) is 12.8. The molecule has 3 aliphatic heterocycles. The zero-order valence-electron chi connectivity index (χ0n) is 16.0. The Morgan fingerprint density at radius 3 is 2.00 bits per heavy atom. The van der Waals surface area contributed by atoms with E-state index < -0.39 is 5.67 Å². The normalized spacial score (nSPS) is 31.9. The molecule has 138 valence electrons. The minimum atomic E-state index is -0.924. The van der Waals surface area contributed by atoms with Crippen LogP contribution in [0.2, 0.25) is 0 Å². The molecule has 0 bridgehead atoms. The van der Waals surface area contributed by atoms with E-state index in [-0.39, 0.29) is 0 Å². The Balaban J connectivity index is 1.19. The van der Waals surface area contributed by atoms with E-state index >= 15 is 0 Å². The largest absolute Gasteiger partial charge is 0.303 e. The lowest BCUT2D eigenvalue weighted by Crippen LogP contribution is -2.68. The van der Waals surface area contributed by atoms with Crippen LogP contribution in [-0.2, 0) is 0 Å². The van der Waals surface area contributed by atoms with Crippen molar-refractivity contribution in [1.82, 2.24) is 14.7 Å². The van der Waals surface area contributed by atoms with Gasteiger partial charge in [0, 0.05) is 39.3 Å². The molecule has 0 radical (unpaired) electrons. The summed E-state index contributed by atoms with van der Waals surface area (Å²) in [5.41, 5.74) is 0.269. The van der Waals surface area contributed by atoms with Crippen LogP contribution in [0.4, 0.5) is 4.39 Å². The van der Waals surface area contributed by atoms with Gasteiger partial charge in [-0.2, -0.15) is 0 Å². The van der Waals surface area contributed by atoms with E-state index in [1.165, 1.54) is 51.7 Å². The maximum atomic E-state index is 14.5. The van der Waals surface area contributed by atoms with E-state index in [1.807, 2.05) is 7.05 Å².